The number of fused-ring (bicyclic) bond motifs is 1. The van der Waals surface area contributed by atoms with E-state index in [0.29, 0.717) is 11.3 Å². The number of hydrogen-bond donors (Lipinski definition) is 2. The van der Waals surface area contributed by atoms with Crippen LogP contribution >= 0.6 is 0 Å². The van der Waals surface area contributed by atoms with Gasteiger partial charge < -0.3 is 15.3 Å². The molecule has 116 valence electrons. The van der Waals surface area contributed by atoms with E-state index in [1.807, 2.05) is 30.3 Å². The summed E-state index contributed by atoms with van der Waals surface area (Å²) in [5.41, 5.74) is 2.12. The summed E-state index contributed by atoms with van der Waals surface area (Å²) < 4.78 is 0. The predicted molar refractivity (Wildman–Crippen MR) is 89.5 cm³/mol. The van der Waals surface area contributed by atoms with Crippen molar-refractivity contribution in [2.45, 2.75) is 0 Å². The van der Waals surface area contributed by atoms with Crippen molar-refractivity contribution in [1.82, 2.24) is 20.5 Å². The van der Waals surface area contributed by atoms with Crippen LogP contribution in [-0.4, -0.2) is 46.5 Å². The molecule has 2 N–H and O–H groups in total. The summed E-state index contributed by atoms with van der Waals surface area (Å²) >= 11 is 0. The summed E-state index contributed by atoms with van der Waals surface area (Å²) in [5, 5.41) is 23.1. The molecule has 0 radical (unpaired) electrons. The summed E-state index contributed by atoms with van der Waals surface area (Å²) in [5.74, 6) is 1.06. The lowest BCUT2D eigenvalue weighted by atomic mass is 10.1. The van der Waals surface area contributed by atoms with Gasteiger partial charge in [-0.25, -0.2) is 0 Å². The molecule has 6 nitrogen and oxygen atoms in total. The summed E-state index contributed by atoms with van der Waals surface area (Å²) in [7, 11) is 0. The fraction of sp³-hybridized carbons (Fsp3) is 0.235. The number of nitrogens with one attached hydrogen (secondary N) is 1. The van der Waals surface area contributed by atoms with Gasteiger partial charge in [0.15, 0.2) is 5.82 Å². The van der Waals surface area contributed by atoms with Crippen LogP contribution in [-0.2, 0) is 0 Å². The third-order valence-electron chi connectivity index (χ3n) is 4.09. The standard InChI is InChI=1S/C17H17N5O/c23-16-10-12-2-1-5-19-15(12)11-13(16)14-3-4-17(21-20-14)22-8-6-18-7-9-22/h1-5,10-11,18,23H,6-9H2. The van der Waals surface area contributed by atoms with Gasteiger partial charge in [-0.05, 0) is 30.3 Å². The minimum absolute atomic E-state index is 0.190. The molecule has 2 aromatic heterocycles. The van der Waals surface area contributed by atoms with Crippen LogP contribution in [0.25, 0.3) is 22.2 Å². The molecule has 1 aromatic carbocycles. The number of aromatic nitrogens is 3. The topological polar surface area (TPSA) is 74.2 Å². The molecule has 0 spiro atoms. The maximum atomic E-state index is 10.3. The Morgan fingerprint density at radius 3 is 2.70 bits per heavy atom. The summed E-state index contributed by atoms with van der Waals surface area (Å²) in [6, 6.07) is 11.2. The Morgan fingerprint density at radius 1 is 1.04 bits per heavy atom. The molecule has 6 heteroatoms. The van der Waals surface area contributed by atoms with Crippen LogP contribution in [0.2, 0.25) is 0 Å². The van der Waals surface area contributed by atoms with Gasteiger partial charge >= 0.3 is 0 Å². The van der Waals surface area contributed by atoms with E-state index in [2.05, 4.69) is 25.4 Å². The van der Waals surface area contributed by atoms with Crippen LogP contribution in [0, 0.1) is 0 Å². The summed E-state index contributed by atoms with van der Waals surface area (Å²) in [4.78, 5) is 6.53. The Bertz CT molecular complexity index is 828. The third-order valence-corrected chi connectivity index (χ3v) is 4.09. The van der Waals surface area contributed by atoms with Gasteiger partial charge in [-0.3, -0.25) is 4.98 Å². The Balaban J connectivity index is 1.68. The molecule has 0 saturated carbocycles. The van der Waals surface area contributed by atoms with Crippen LogP contribution in [0.15, 0.2) is 42.6 Å². The van der Waals surface area contributed by atoms with Crippen LogP contribution < -0.4 is 10.2 Å². The van der Waals surface area contributed by atoms with E-state index in [1.165, 1.54) is 0 Å². The molecule has 23 heavy (non-hydrogen) atoms. The van der Waals surface area contributed by atoms with Gasteiger partial charge in [0, 0.05) is 43.3 Å². The largest absolute Gasteiger partial charge is 0.507 e. The lowest BCUT2D eigenvalue weighted by Crippen LogP contribution is -2.43. The Labute approximate surface area is 133 Å². The number of rotatable bonds is 2. The zero-order chi connectivity index (χ0) is 15.6. The van der Waals surface area contributed by atoms with Gasteiger partial charge in [0.1, 0.15) is 5.75 Å². The van der Waals surface area contributed by atoms with Crippen LogP contribution in [0.1, 0.15) is 0 Å². The molecule has 3 aromatic rings. The maximum absolute atomic E-state index is 10.3. The highest BCUT2D eigenvalue weighted by molar-refractivity contribution is 5.87. The molecule has 0 unspecified atom stereocenters. The zero-order valence-electron chi connectivity index (χ0n) is 12.6. The maximum Gasteiger partial charge on any atom is 0.151 e. The number of anilines is 1. The average molecular weight is 307 g/mol. The average Bonchev–Trinajstić information content (AvgIpc) is 2.62. The third kappa shape index (κ3) is 2.68. The van der Waals surface area contributed by atoms with Crippen molar-refractivity contribution in [1.29, 1.82) is 0 Å². The van der Waals surface area contributed by atoms with E-state index in [4.69, 9.17) is 0 Å². The quantitative estimate of drug-likeness (QED) is 0.752. The first-order chi connectivity index (χ1) is 11.3. The van der Waals surface area contributed by atoms with Crippen LogP contribution in [0.4, 0.5) is 5.82 Å². The molecule has 1 aliphatic heterocycles. The van der Waals surface area contributed by atoms with E-state index >= 15 is 0 Å². The van der Waals surface area contributed by atoms with Crippen LogP contribution in [0.3, 0.4) is 0 Å². The number of pyridine rings is 1. The molecule has 3 heterocycles. The molecule has 1 aliphatic rings. The number of benzene rings is 1. The lowest BCUT2D eigenvalue weighted by molar-refractivity contribution is 0.478. The Morgan fingerprint density at radius 2 is 1.91 bits per heavy atom. The van der Waals surface area contributed by atoms with Crippen molar-refractivity contribution in [3.05, 3.63) is 42.6 Å². The molecule has 0 atom stereocenters. The zero-order valence-corrected chi connectivity index (χ0v) is 12.6. The highest BCUT2D eigenvalue weighted by Gasteiger charge is 2.14. The molecule has 0 amide bonds. The SMILES string of the molecule is Oc1cc2cccnc2cc1-c1ccc(N2CCNCC2)nn1. The smallest absolute Gasteiger partial charge is 0.151 e. The molecule has 1 saturated heterocycles. The van der Waals surface area contributed by atoms with Gasteiger partial charge in [-0.2, -0.15) is 0 Å². The number of aromatic hydroxyl groups is 1. The highest BCUT2D eigenvalue weighted by Crippen LogP contribution is 2.31. The van der Waals surface area contributed by atoms with E-state index in [-0.39, 0.29) is 5.75 Å². The van der Waals surface area contributed by atoms with Crippen LogP contribution in [0.5, 0.6) is 5.75 Å². The van der Waals surface area contributed by atoms with E-state index in [1.54, 1.807) is 12.3 Å². The number of phenolic OH excluding ortho intramolecular Hbond substituents is 1. The molecule has 0 aliphatic carbocycles. The van der Waals surface area contributed by atoms with Gasteiger partial charge in [0.05, 0.1) is 11.2 Å². The molecule has 4 rings (SSSR count). The first kappa shape index (κ1) is 13.9. The highest BCUT2D eigenvalue weighted by atomic mass is 16.3. The summed E-state index contributed by atoms with van der Waals surface area (Å²) in [6.07, 6.45) is 1.74. The molecule has 0 bridgehead atoms. The van der Waals surface area contributed by atoms with Gasteiger partial charge in [0.25, 0.3) is 0 Å². The normalized spacial score (nSPS) is 15.0. The van der Waals surface area contributed by atoms with E-state index < -0.39 is 0 Å². The molecule has 1 fully saturated rings. The number of piperazine rings is 1. The van der Waals surface area contributed by atoms with Crippen molar-refractivity contribution < 1.29 is 5.11 Å². The number of phenols is 1. The Kier molecular flexibility index (Phi) is 3.51. The van der Waals surface area contributed by atoms with E-state index in [0.717, 1.165) is 42.9 Å². The monoisotopic (exact) mass is 307 g/mol. The first-order valence-corrected chi connectivity index (χ1v) is 7.69. The Hall–Kier alpha value is -2.73. The fourth-order valence-electron chi connectivity index (χ4n) is 2.84. The minimum Gasteiger partial charge on any atom is -0.507 e. The predicted octanol–water partition coefficient (Wildman–Crippen LogP) is 1.81. The second-order valence-corrected chi connectivity index (χ2v) is 5.58. The number of nitrogens with zero attached hydrogens (tertiary/aromatic N) is 4. The van der Waals surface area contributed by atoms with Crippen molar-refractivity contribution in [3.63, 3.8) is 0 Å². The van der Waals surface area contributed by atoms with Crippen molar-refractivity contribution in [2.24, 2.45) is 0 Å². The number of hydrogen-bond acceptors (Lipinski definition) is 6. The van der Waals surface area contributed by atoms with Gasteiger partial charge in [-0.1, -0.05) is 6.07 Å². The lowest BCUT2D eigenvalue weighted by Gasteiger charge is -2.27. The second-order valence-electron chi connectivity index (χ2n) is 5.58. The van der Waals surface area contributed by atoms with E-state index in [9.17, 15) is 5.11 Å². The molecular weight excluding hydrogens is 290 g/mol. The van der Waals surface area contributed by atoms with Gasteiger partial charge in [-0.15, -0.1) is 10.2 Å². The summed E-state index contributed by atoms with van der Waals surface area (Å²) in [6.45, 7) is 3.78. The minimum atomic E-state index is 0.190. The second kappa shape index (κ2) is 5.81. The van der Waals surface area contributed by atoms with Crippen molar-refractivity contribution in [3.8, 4) is 17.0 Å². The van der Waals surface area contributed by atoms with Crippen molar-refractivity contribution >= 4 is 16.7 Å². The van der Waals surface area contributed by atoms with Gasteiger partial charge in [0.2, 0.25) is 0 Å². The van der Waals surface area contributed by atoms with Crippen molar-refractivity contribution in [2.75, 3.05) is 31.1 Å². The molecular formula is C17H17N5O. The fourth-order valence-corrected chi connectivity index (χ4v) is 2.84. The first-order valence-electron chi connectivity index (χ1n) is 7.69.